The molecule has 0 unspecified atom stereocenters. The molecule has 1 fully saturated rings. The molecule has 0 spiro atoms. The van der Waals surface area contributed by atoms with Crippen LogP contribution in [0.15, 0.2) is 48.4 Å². The van der Waals surface area contributed by atoms with Gasteiger partial charge in [0.2, 0.25) is 5.78 Å². The molecule has 1 saturated heterocycles. The molecule has 2 aliphatic heterocycles. The third-order valence-corrected chi connectivity index (χ3v) is 6.10. The second-order valence-electron chi connectivity index (χ2n) is 8.06. The number of fused-ring (bicyclic) bond motifs is 2. The van der Waals surface area contributed by atoms with Gasteiger partial charge in [0.15, 0.2) is 5.76 Å². The zero-order valence-corrected chi connectivity index (χ0v) is 16.5. The molecule has 3 aromatic rings. The Hall–Kier alpha value is -3.05. The lowest BCUT2D eigenvalue weighted by Crippen LogP contribution is -3.11. The highest BCUT2D eigenvalue weighted by atomic mass is 16.5. The third-order valence-electron chi connectivity index (χ3n) is 6.10. The van der Waals surface area contributed by atoms with Crippen molar-refractivity contribution in [2.45, 2.75) is 25.8 Å². The number of Topliss-reactive ketones (excluding diaryl/α,β-unsaturated/α-hetero) is 1. The number of nitrogens with one attached hydrogen (secondary N) is 1. The van der Waals surface area contributed by atoms with Gasteiger partial charge in [-0.15, -0.1) is 0 Å². The van der Waals surface area contributed by atoms with Crippen molar-refractivity contribution in [3.8, 4) is 11.5 Å². The molecular weight excluding hydrogens is 364 g/mol. The lowest BCUT2D eigenvalue weighted by Gasteiger charge is -2.26. The number of ether oxygens (including phenoxy) is 1. The fraction of sp³-hybridized carbons (Fsp3) is 0.292. The minimum absolute atomic E-state index is 0.0407. The molecule has 5 rings (SSSR count). The summed E-state index contributed by atoms with van der Waals surface area (Å²) in [5, 5.41) is 13.6. The molecule has 0 saturated carbocycles. The molecule has 148 valence electrons. The molecule has 5 heteroatoms. The SMILES string of the molecule is Cn1cc(/C=C2\Oc3c(ccc([O-])c3C[NH+]3CCCCC3)C2=O)c2ccccc21. The van der Waals surface area contributed by atoms with E-state index in [4.69, 9.17) is 4.74 Å². The van der Waals surface area contributed by atoms with Gasteiger partial charge in [0, 0.05) is 35.3 Å². The molecule has 0 atom stereocenters. The van der Waals surface area contributed by atoms with Gasteiger partial charge in [-0.25, -0.2) is 0 Å². The Labute approximate surface area is 169 Å². The van der Waals surface area contributed by atoms with Gasteiger partial charge < -0.3 is 19.3 Å². The number of aromatic nitrogens is 1. The van der Waals surface area contributed by atoms with Crippen LogP contribution in [0.25, 0.3) is 17.0 Å². The van der Waals surface area contributed by atoms with Crippen molar-refractivity contribution >= 4 is 22.8 Å². The predicted octanol–water partition coefficient (Wildman–Crippen LogP) is 2.44. The summed E-state index contributed by atoms with van der Waals surface area (Å²) in [6.45, 7) is 2.75. The molecule has 0 amide bonds. The van der Waals surface area contributed by atoms with Gasteiger partial charge >= 0.3 is 0 Å². The van der Waals surface area contributed by atoms with E-state index in [1.165, 1.54) is 30.2 Å². The van der Waals surface area contributed by atoms with Crippen molar-refractivity contribution in [3.05, 3.63) is 65.0 Å². The number of rotatable bonds is 3. The van der Waals surface area contributed by atoms with Gasteiger partial charge in [0.05, 0.1) is 18.7 Å². The van der Waals surface area contributed by atoms with Crippen molar-refractivity contribution in [2.75, 3.05) is 13.1 Å². The number of likely N-dealkylation sites (tertiary alicyclic amines) is 1. The van der Waals surface area contributed by atoms with Crippen LogP contribution < -0.4 is 14.7 Å². The lowest BCUT2D eigenvalue weighted by atomic mass is 10.0. The first-order valence-electron chi connectivity index (χ1n) is 10.3. The fourth-order valence-corrected chi connectivity index (χ4v) is 4.56. The van der Waals surface area contributed by atoms with E-state index >= 15 is 0 Å². The van der Waals surface area contributed by atoms with Gasteiger partial charge in [-0.3, -0.25) is 4.79 Å². The second-order valence-corrected chi connectivity index (χ2v) is 8.06. The number of para-hydroxylation sites is 1. The summed E-state index contributed by atoms with van der Waals surface area (Å²) in [6.07, 6.45) is 7.42. The van der Waals surface area contributed by atoms with E-state index in [9.17, 15) is 9.90 Å². The lowest BCUT2D eigenvalue weighted by molar-refractivity contribution is -0.918. The Morgan fingerprint density at radius 2 is 1.93 bits per heavy atom. The van der Waals surface area contributed by atoms with E-state index in [2.05, 4.69) is 0 Å². The Bertz CT molecular complexity index is 1140. The highest BCUT2D eigenvalue weighted by Gasteiger charge is 2.31. The Morgan fingerprint density at radius 3 is 2.76 bits per heavy atom. The average molecular weight is 388 g/mol. The summed E-state index contributed by atoms with van der Waals surface area (Å²) in [5.74, 6) is 0.563. The number of hydrogen-bond acceptors (Lipinski definition) is 3. The standard InChI is InChI=1S/C24H24N2O3/c1-25-14-16(17-7-3-4-8-20(17)25)13-22-23(28)18-9-10-21(27)19(24(18)29-22)15-26-11-5-2-6-12-26/h3-4,7-10,13-14,27H,2,5-6,11-12,15H2,1H3/b22-13-. The third kappa shape index (κ3) is 3.12. The van der Waals surface area contributed by atoms with Crippen LogP contribution in [0.3, 0.4) is 0 Å². The first-order chi connectivity index (χ1) is 14.1. The zero-order chi connectivity index (χ0) is 20.0. The maximum atomic E-state index is 13.0. The van der Waals surface area contributed by atoms with Crippen molar-refractivity contribution in [2.24, 2.45) is 7.05 Å². The molecule has 0 bridgehead atoms. The summed E-state index contributed by atoms with van der Waals surface area (Å²) in [5.41, 5.74) is 3.17. The molecule has 1 aromatic heterocycles. The maximum absolute atomic E-state index is 13.0. The largest absolute Gasteiger partial charge is 0.872 e. The first-order valence-corrected chi connectivity index (χ1v) is 10.3. The normalized spacial score (nSPS) is 18.4. The number of carbonyl (C=O) groups is 1. The molecule has 2 aromatic carbocycles. The molecular formula is C24H24N2O3. The number of hydrogen-bond donors (Lipinski definition) is 1. The van der Waals surface area contributed by atoms with Crippen molar-refractivity contribution in [3.63, 3.8) is 0 Å². The molecule has 5 nitrogen and oxygen atoms in total. The smallest absolute Gasteiger partial charge is 0.231 e. The highest BCUT2D eigenvalue weighted by molar-refractivity contribution is 6.15. The van der Waals surface area contributed by atoms with Crippen LogP contribution in [0.2, 0.25) is 0 Å². The van der Waals surface area contributed by atoms with Crippen molar-refractivity contribution in [1.82, 2.24) is 4.57 Å². The topological polar surface area (TPSA) is 58.7 Å². The molecule has 29 heavy (non-hydrogen) atoms. The quantitative estimate of drug-likeness (QED) is 0.701. The summed E-state index contributed by atoms with van der Waals surface area (Å²) >= 11 is 0. The van der Waals surface area contributed by atoms with Crippen LogP contribution in [0.5, 0.6) is 11.5 Å². The number of ketones is 1. The molecule has 2 aliphatic rings. The van der Waals surface area contributed by atoms with Crippen LogP contribution >= 0.6 is 0 Å². The summed E-state index contributed by atoms with van der Waals surface area (Å²) < 4.78 is 8.06. The van der Waals surface area contributed by atoms with E-state index in [0.717, 1.165) is 29.6 Å². The van der Waals surface area contributed by atoms with Gasteiger partial charge in [0.1, 0.15) is 12.3 Å². The fourth-order valence-electron chi connectivity index (χ4n) is 4.56. The number of piperidine rings is 1. The van der Waals surface area contributed by atoms with Gasteiger partial charge in [-0.1, -0.05) is 30.0 Å². The highest BCUT2D eigenvalue weighted by Crippen LogP contribution is 2.38. The Balaban J connectivity index is 1.52. The number of quaternary nitrogens is 1. The Morgan fingerprint density at radius 1 is 1.14 bits per heavy atom. The number of aryl methyl sites for hydroxylation is 1. The van der Waals surface area contributed by atoms with E-state index < -0.39 is 0 Å². The van der Waals surface area contributed by atoms with Gasteiger partial charge in [0.25, 0.3) is 0 Å². The van der Waals surface area contributed by atoms with Gasteiger partial charge in [-0.05, 0) is 37.5 Å². The molecule has 0 aliphatic carbocycles. The first kappa shape index (κ1) is 18.0. The summed E-state index contributed by atoms with van der Waals surface area (Å²) in [4.78, 5) is 14.4. The van der Waals surface area contributed by atoms with Crippen molar-refractivity contribution < 1.29 is 19.5 Å². The van der Waals surface area contributed by atoms with E-state index in [-0.39, 0.29) is 17.3 Å². The maximum Gasteiger partial charge on any atom is 0.231 e. The summed E-state index contributed by atoms with van der Waals surface area (Å²) in [6, 6.07) is 11.2. The van der Waals surface area contributed by atoms with Crippen LogP contribution in [-0.2, 0) is 13.6 Å². The minimum atomic E-state index is -0.150. The summed E-state index contributed by atoms with van der Waals surface area (Å²) in [7, 11) is 1.99. The molecule has 1 N–H and O–H groups in total. The van der Waals surface area contributed by atoms with Crippen LogP contribution in [0.4, 0.5) is 0 Å². The van der Waals surface area contributed by atoms with E-state index in [1.807, 2.05) is 42.1 Å². The van der Waals surface area contributed by atoms with E-state index in [1.54, 1.807) is 12.1 Å². The van der Waals surface area contributed by atoms with Crippen LogP contribution in [0, 0.1) is 0 Å². The van der Waals surface area contributed by atoms with Crippen molar-refractivity contribution in [1.29, 1.82) is 0 Å². The van der Waals surface area contributed by atoms with Crippen LogP contribution in [-0.4, -0.2) is 23.4 Å². The molecule has 0 radical (unpaired) electrons. The monoisotopic (exact) mass is 388 g/mol. The predicted molar refractivity (Wildman–Crippen MR) is 110 cm³/mol. The average Bonchev–Trinajstić information content (AvgIpc) is 3.23. The van der Waals surface area contributed by atoms with Gasteiger partial charge in [-0.2, -0.15) is 0 Å². The Kier molecular flexibility index (Phi) is 4.40. The van der Waals surface area contributed by atoms with Crippen LogP contribution in [0.1, 0.15) is 40.7 Å². The second kappa shape index (κ2) is 7.08. The minimum Gasteiger partial charge on any atom is -0.872 e. The molecule has 3 heterocycles. The number of benzene rings is 2. The number of carbonyl (C=O) groups excluding carboxylic acids is 1. The number of allylic oxidation sites excluding steroid dienone is 1. The van der Waals surface area contributed by atoms with E-state index in [0.29, 0.717) is 23.4 Å². The number of nitrogens with zero attached hydrogens (tertiary/aromatic N) is 1. The zero-order valence-electron chi connectivity index (χ0n) is 16.5.